The Hall–Kier alpha value is -2.89. The Balaban J connectivity index is 2.19. The number of pyridine rings is 1. The third-order valence-corrected chi connectivity index (χ3v) is 2.96. The van der Waals surface area contributed by atoms with Crippen molar-refractivity contribution >= 4 is 5.82 Å². The second-order valence-electron chi connectivity index (χ2n) is 4.29. The van der Waals surface area contributed by atoms with Gasteiger partial charge in [0.25, 0.3) is 0 Å². The highest BCUT2D eigenvalue weighted by atomic mass is 19.1. The van der Waals surface area contributed by atoms with Crippen molar-refractivity contribution in [1.29, 1.82) is 0 Å². The van der Waals surface area contributed by atoms with Crippen molar-refractivity contribution in [2.75, 3.05) is 5.73 Å². The molecule has 0 unspecified atom stereocenters. The van der Waals surface area contributed by atoms with Crippen LogP contribution in [0.1, 0.15) is 0 Å². The zero-order valence-electron chi connectivity index (χ0n) is 10.4. The maximum absolute atomic E-state index is 13.0. The average molecular weight is 270 g/mol. The summed E-state index contributed by atoms with van der Waals surface area (Å²) in [6, 6.07) is 10.7. The molecule has 0 saturated heterocycles. The predicted octanol–water partition coefficient (Wildman–Crippen LogP) is 2.15. The summed E-state index contributed by atoms with van der Waals surface area (Å²) < 4.78 is 13.0. The average Bonchev–Trinajstić information content (AvgIpc) is 2.82. The molecule has 2 heterocycles. The molecule has 0 aliphatic carbocycles. The van der Waals surface area contributed by atoms with Gasteiger partial charge in [0.1, 0.15) is 5.82 Å². The number of H-pyrrole nitrogens is 2. The molecule has 3 rings (SSSR count). The normalized spacial score (nSPS) is 10.7. The van der Waals surface area contributed by atoms with Gasteiger partial charge in [-0.05, 0) is 23.8 Å². The van der Waals surface area contributed by atoms with E-state index >= 15 is 0 Å². The van der Waals surface area contributed by atoms with Crippen LogP contribution in [0.2, 0.25) is 0 Å². The van der Waals surface area contributed by atoms with Crippen LogP contribution in [-0.2, 0) is 0 Å². The van der Waals surface area contributed by atoms with Gasteiger partial charge in [0.15, 0.2) is 5.82 Å². The lowest BCUT2D eigenvalue weighted by Gasteiger charge is -2.04. The summed E-state index contributed by atoms with van der Waals surface area (Å²) in [4.78, 5) is 14.1. The van der Waals surface area contributed by atoms with E-state index in [0.717, 1.165) is 5.56 Å². The van der Waals surface area contributed by atoms with Crippen LogP contribution in [0.5, 0.6) is 0 Å². The van der Waals surface area contributed by atoms with E-state index in [0.29, 0.717) is 17.0 Å². The number of hydrogen-bond acceptors (Lipinski definition) is 3. The van der Waals surface area contributed by atoms with Gasteiger partial charge in [-0.3, -0.25) is 9.89 Å². The standard InChI is InChI=1S/C14H11FN4O/c15-9-6-4-8(5-7-9)12-13(18-19-14(12)16)10-2-1-3-11(20)17-10/h1-7H,(H,17,20)(H3,16,18,19). The van der Waals surface area contributed by atoms with Gasteiger partial charge in [-0.1, -0.05) is 18.2 Å². The Morgan fingerprint density at radius 1 is 1.10 bits per heavy atom. The summed E-state index contributed by atoms with van der Waals surface area (Å²) in [6.07, 6.45) is 0. The smallest absolute Gasteiger partial charge is 0.248 e. The second kappa shape index (κ2) is 4.65. The topological polar surface area (TPSA) is 87.6 Å². The van der Waals surface area contributed by atoms with Gasteiger partial charge >= 0.3 is 0 Å². The molecule has 0 amide bonds. The van der Waals surface area contributed by atoms with Crippen LogP contribution in [0.25, 0.3) is 22.5 Å². The highest BCUT2D eigenvalue weighted by Crippen LogP contribution is 2.33. The van der Waals surface area contributed by atoms with Gasteiger partial charge in [-0.2, -0.15) is 5.10 Å². The number of nitrogens with two attached hydrogens (primary N) is 1. The molecular weight excluding hydrogens is 259 g/mol. The highest BCUT2D eigenvalue weighted by Gasteiger charge is 2.15. The van der Waals surface area contributed by atoms with E-state index < -0.39 is 0 Å². The maximum atomic E-state index is 13.0. The minimum atomic E-state index is -0.328. The molecule has 2 aromatic heterocycles. The number of hydrogen-bond donors (Lipinski definition) is 3. The quantitative estimate of drug-likeness (QED) is 0.666. The summed E-state index contributed by atoms with van der Waals surface area (Å²) in [5, 5.41) is 6.75. The van der Waals surface area contributed by atoms with Crippen molar-refractivity contribution in [3.63, 3.8) is 0 Å². The van der Waals surface area contributed by atoms with E-state index in [4.69, 9.17) is 5.73 Å². The Morgan fingerprint density at radius 2 is 1.85 bits per heavy atom. The summed E-state index contributed by atoms with van der Waals surface area (Å²) >= 11 is 0. The lowest BCUT2D eigenvalue weighted by Crippen LogP contribution is -2.04. The van der Waals surface area contributed by atoms with Crippen molar-refractivity contribution in [1.82, 2.24) is 15.2 Å². The van der Waals surface area contributed by atoms with Crippen molar-refractivity contribution in [3.8, 4) is 22.5 Å². The number of halogens is 1. The second-order valence-corrected chi connectivity index (χ2v) is 4.29. The summed E-state index contributed by atoms with van der Waals surface area (Å²) in [6.45, 7) is 0. The minimum Gasteiger partial charge on any atom is -0.382 e. The Labute approximate surface area is 113 Å². The lowest BCUT2D eigenvalue weighted by molar-refractivity contribution is 0.628. The predicted molar refractivity (Wildman–Crippen MR) is 74.5 cm³/mol. The summed E-state index contributed by atoms with van der Waals surface area (Å²) in [5.41, 5.74) is 8.15. The van der Waals surface area contributed by atoms with E-state index in [1.54, 1.807) is 24.3 Å². The van der Waals surface area contributed by atoms with E-state index in [1.165, 1.54) is 18.2 Å². The van der Waals surface area contributed by atoms with Crippen LogP contribution in [0.3, 0.4) is 0 Å². The first-order valence-corrected chi connectivity index (χ1v) is 5.94. The molecule has 0 aliphatic heterocycles. The fourth-order valence-electron chi connectivity index (χ4n) is 2.05. The molecule has 5 nitrogen and oxygen atoms in total. The molecular formula is C14H11FN4O. The molecule has 6 heteroatoms. The zero-order valence-corrected chi connectivity index (χ0v) is 10.4. The fraction of sp³-hybridized carbons (Fsp3) is 0. The Kier molecular flexibility index (Phi) is 2.83. The van der Waals surface area contributed by atoms with E-state index in [9.17, 15) is 9.18 Å². The SMILES string of the molecule is Nc1n[nH]c(-c2cccc(=O)[nH]2)c1-c1ccc(F)cc1. The van der Waals surface area contributed by atoms with Gasteiger partial charge in [-0.15, -0.1) is 0 Å². The van der Waals surface area contributed by atoms with Crippen LogP contribution in [0, 0.1) is 5.82 Å². The third kappa shape index (κ3) is 2.07. The van der Waals surface area contributed by atoms with Crippen LogP contribution in [-0.4, -0.2) is 15.2 Å². The summed E-state index contributed by atoms with van der Waals surface area (Å²) in [5.74, 6) is -0.0400. The van der Waals surface area contributed by atoms with Gasteiger partial charge in [0, 0.05) is 6.07 Å². The monoisotopic (exact) mass is 270 g/mol. The lowest BCUT2D eigenvalue weighted by atomic mass is 10.0. The zero-order chi connectivity index (χ0) is 14.1. The number of anilines is 1. The van der Waals surface area contributed by atoms with Crippen molar-refractivity contribution < 1.29 is 4.39 Å². The van der Waals surface area contributed by atoms with Crippen LogP contribution in [0.15, 0.2) is 47.3 Å². The minimum absolute atomic E-state index is 0.222. The van der Waals surface area contributed by atoms with Crippen molar-refractivity contribution in [2.45, 2.75) is 0 Å². The number of rotatable bonds is 2. The van der Waals surface area contributed by atoms with Crippen molar-refractivity contribution in [2.24, 2.45) is 0 Å². The number of benzene rings is 1. The molecule has 0 atom stereocenters. The molecule has 0 bridgehead atoms. The number of nitrogen functional groups attached to an aromatic ring is 1. The molecule has 20 heavy (non-hydrogen) atoms. The Morgan fingerprint density at radius 3 is 2.55 bits per heavy atom. The van der Waals surface area contributed by atoms with Crippen molar-refractivity contribution in [3.05, 3.63) is 58.6 Å². The molecule has 0 fully saturated rings. The van der Waals surface area contributed by atoms with Gasteiger partial charge < -0.3 is 10.7 Å². The fourth-order valence-corrected chi connectivity index (χ4v) is 2.05. The van der Waals surface area contributed by atoms with Crippen LogP contribution >= 0.6 is 0 Å². The Bertz CT molecular complexity index is 805. The molecule has 0 radical (unpaired) electrons. The summed E-state index contributed by atoms with van der Waals surface area (Å²) in [7, 11) is 0. The van der Waals surface area contributed by atoms with Crippen LogP contribution < -0.4 is 11.3 Å². The molecule has 0 aliphatic rings. The van der Waals surface area contributed by atoms with Gasteiger partial charge in [-0.25, -0.2) is 4.39 Å². The number of aromatic nitrogens is 3. The first kappa shape index (κ1) is 12.2. The molecule has 0 spiro atoms. The van der Waals surface area contributed by atoms with E-state index in [1.807, 2.05) is 0 Å². The maximum Gasteiger partial charge on any atom is 0.248 e. The van der Waals surface area contributed by atoms with Gasteiger partial charge in [0.05, 0.1) is 17.0 Å². The van der Waals surface area contributed by atoms with Gasteiger partial charge in [0.2, 0.25) is 5.56 Å². The first-order valence-electron chi connectivity index (χ1n) is 5.94. The van der Waals surface area contributed by atoms with E-state index in [2.05, 4.69) is 15.2 Å². The van der Waals surface area contributed by atoms with Crippen LogP contribution in [0.4, 0.5) is 10.2 Å². The highest BCUT2D eigenvalue weighted by molar-refractivity contribution is 5.86. The first-order chi connectivity index (χ1) is 9.65. The number of nitrogens with zero attached hydrogens (tertiary/aromatic N) is 1. The molecule has 100 valence electrons. The molecule has 4 N–H and O–H groups in total. The molecule has 1 aromatic carbocycles. The third-order valence-electron chi connectivity index (χ3n) is 2.96. The largest absolute Gasteiger partial charge is 0.382 e. The van der Waals surface area contributed by atoms with E-state index in [-0.39, 0.29) is 17.2 Å². The molecule has 0 saturated carbocycles. The number of nitrogens with one attached hydrogen (secondary N) is 2. The molecule has 3 aromatic rings. The number of aromatic amines is 2.